The molecule has 0 bridgehead atoms. The van der Waals surface area contributed by atoms with E-state index in [-0.39, 0.29) is 6.04 Å². The second-order valence-electron chi connectivity index (χ2n) is 7.40. The fourth-order valence-corrected chi connectivity index (χ4v) is 4.14. The summed E-state index contributed by atoms with van der Waals surface area (Å²) in [4.78, 5) is 24.4. The van der Waals surface area contributed by atoms with Crippen LogP contribution in [-0.4, -0.2) is 70.4 Å². The highest BCUT2D eigenvalue weighted by Gasteiger charge is 2.32. The number of amides is 1. The van der Waals surface area contributed by atoms with Gasteiger partial charge in [-0.1, -0.05) is 13.0 Å². The summed E-state index contributed by atoms with van der Waals surface area (Å²) in [5.41, 5.74) is 1.12. The Balaban J connectivity index is 1.50. The molecular formula is C20H32N4O. The molecule has 0 spiro atoms. The molecule has 0 aliphatic carbocycles. The third-order valence-corrected chi connectivity index (χ3v) is 5.81. The van der Waals surface area contributed by atoms with Crippen LogP contribution in [0.15, 0.2) is 24.4 Å². The molecule has 0 N–H and O–H groups in total. The lowest BCUT2D eigenvalue weighted by molar-refractivity contribution is -0.141. The minimum Gasteiger partial charge on any atom is -0.338 e. The molecule has 1 amide bonds. The summed E-state index contributed by atoms with van der Waals surface area (Å²) in [6.07, 6.45) is 6.54. The highest BCUT2D eigenvalue weighted by atomic mass is 16.2. The topological polar surface area (TPSA) is 39.7 Å². The standard InChI is InChI=1S/C20H32N4O/c1-3-19-9-5-7-11-24(19)20(25)17(2)23-14-12-22(13-15-23)16-18-8-4-6-10-21-18/h4,6,8,10,17,19H,3,5,7,9,11-16H2,1-2H3. The van der Waals surface area contributed by atoms with E-state index in [2.05, 4.69) is 39.6 Å². The van der Waals surface area contributed by atoms with Gasteiger partial charge in [0.25, 0.3) is 0 Å². The molecule has 25 heavy (non-hydrogen) atoms. The fourth-order valence-electron chi connectivity index (χ4n) is 4.14. The van der Waals surface area contributed by atoms with Gasteiger partial charge in [0.1, 0.15) is 0 Å². The van der Waals surface area contributed by atoms with Crippen LogP contribution in [0.4, 0.5) is 0 Å². The van der Waals surface area contributed by atoms with E-state index in [9.17, 15) is 4.79 Å². The molecule has 2 atom stereocenters. The number of rotatable bonds is 5. The summed E-state index contributed by atoms with van der Waals surface area (Å²) in [6.45, 7) is 10.1. The van der Waals surface area contributed by atoms with Gasteiger partial charge in [-0.05, 0) is 44.7 Å². The van der Waals surface area contributed by atoms with Gasteiger partial charge in [0.15, 0.2) is 0 Å². The summed E-state index contributed by atoms with van der Waals surface area (Å²) in [6, 6.07) is 6.54. The number of hydrogen-bond donors (Lipinski definition) is 0. The smallest absolute Gasteiger partial charge is 0.239 e. The largest absolute Gasteiger partial charge is 0.338 e. The highest BCUT2D eigenvalue weighted by molar-refractivity contribution is 5.82. The molecule has 2 fully saturated rings. The Morgan fingerprint density at radius 1 is 1.20 bits per heavy atom. The molecule has 1 aromatic rings. The maximum atomic E-state index is 13.0. The Kier molecular flexibility index (Phi) is 6.43. The Bertz CT molecular complexity index is 542. The first-order chi connectivity index (χ1) is 12.2. The number of carbonyl (C=O) groups is 1. The SMILES string of the molecule is CCC1CCCCN1C(=O)C(C)N1CCN(Cc2ccccn2)CC1. The summed E-state index contributed by atoms with van der Waals surface area (Å²) in [5, 5.41) is 0. The molecule has 1 aromatic heterocycles. The molecule has 0 aromatic carbocycles. The Morgan fingerprint density at radius 2 is 2.00 bits per heavy atom. The van der Waals surface area contributed by atoms with Crippen LogP contribution in [0.2, 0.25) is 0 Å². The van der Waals surface area contributed by atoms with Gasteiger partial charge in [0.05, 0.1) is 11.7 Å². The van der Waals surface area contributed by atoms with Crippen LogP contribution < -0.4 is 0 Å². The molecule has 2 saturated heterocycles. The van der Waals surface area contributed by atoms with Crippen LogP contribution in [0.3, 0.4) is 0 Å². The number of piperazine rings is 1. The van der Waals surface area contributed by atoms with Crippen LogP contribution in [0.1, 0.15) is 45.2 Å². The number of aromatic nitrogens is 1. The molecular weight excluding hydrogens is 312 g/mol. The average Bonchev–Trinajstić information content (AvgIpc) is 2.68. The van der Waals surface area contributed by atoms with Gasteiger partial charge in [-0.3, -0.25) is 19.6 Å². The zero-order chi connectivity index (χ0) is 17.6. The van der Waals surface area contributed by atoms with Gasteiger partial charge < -0.3 is 4.90 Å². The molecule has 2 aliphatic rings. The molecule has 5 heteroatoms. The van der Waals surface area contributed by atoms with E-state index < -0.39 is 0 Å². The van der Waals surface area contributed by atoms with Gasteiger partial charge in [0.2, 0.25) is 5.91 Å². The normalized spacial score (nSPS) is 24.2. The molecule has 2 unspecified atom stereocenters. The maximum absolute atomic E-state index is 13.0. The lowest BCUT2D eigenvalue weighted by Gasteiger charge is -2.42. The number of carbonyl (C=O) groups excluding carboxylic acids is 1. The van der Waals surface area contributed by atoms with E-state index in [1.807, 2.05) is 18.3 Å². The summed E-state index contributed by atoms with van der Waals surface area (Å²) in [5.74, 6) is 0.338. The molecule has 138 valence electrons. The van der Waals surface area contributed by atoms with Crippen molar-refractivity contribution in [1.29, 1.82) is 0 Å². The third-order valence-electron chi connectivity index (χ3n) is 5.81. The fraction of sp³-hybridized carbons (Fsp3) is 0.700. The average molecular weight is 345 g/mol. The molecule has 2 aliphatic heterocycles. The van der Waals surface area contributed by atoms with Crippen molar-refractivity contribution < 1.29 is 4.79 Å². The van der Waals surface area contributed by atoms with Crippen molar-refractivity contribution in [3.05, 3.63) is 30.1 Å². The minimum absolute atomic E-state index is 0.00384. The third kappa shape index (κ3) is 4.59. The number of likely N-dealkylation sites (tertiary alicyclic amines) is 1. The molecule has 0 saturated carbocycles. The predicted molar refractivity (Wildman–Crippen MR) is 100 cm³/mol. The lowest BCUT2D eigenvalue weighted by Crippen LogP contribution is -2.56. The number of piperidine rings is 1. The number of hydrogen-bond acceptors (Lipinski definition) is 4. The first-order valence-corrected chi connectivity index (χ1v) is 9.86. The summed E-state index contributed by atoms with van der Waals surface area (Å²) < 4.78 is 0. The zero-order valence-electron chi connectivity index (χ0n) is 15.7. The second kappa shape index (κ2) is 8.77. The van der Waals surface area contributed by atoms with Crippen LogP contribution in [0.5, 0.6) is 0 Å². The maximum Gasteiger partial charge on any atom is 0.239 e. The van der Waals surface area contributed by atoms with Gasteiger partial charge in [-0.15, -0.1) is 0 Å². The molecule has 3 rings (SSSR count). The first kappa shape index (κ1) is 18.3. The van der Waals surface area contributed by atoms with Gasteiger partial charge in [-0.2, -0.15) is 0 Å². The molecule has 0 radical (unpaired) electrons. The Hall–Kier alpha value is -1.46. The summed E-state index contributed by atoms with van der Waals surface area (Å²) in [7, 11) is 0. The van der Waals surface area contributed by atoms with Gasteiger partial charge in [-0.25, -0.2) is 0 Å². The molecule has 3 heterocycles. The van der Waals surface area contributed by atoms with Gasteiger partial charge in [0, 0.05) is 51.5 Å². The van der Waals surface area contributed by atoms with E-state index in [1.165, 1.54) is 12.8 Å². The Morgan fingerprint density at radius 3 is 2.68 bits per heavy atom. The van der Waals surface area contributed by atoms with Crippen molar-refractivity contribution in [2.45, 2.75) is 58.2 Å². The molecule has 5 nitrogen and oxygen atoms in total. The van der Waals surface area contributed by atoms with Crippen molar-refractivity contribution in [2.24, 2.45) is 0 Å². The van der Waals surface area contributed by atoms with E-state index in [0.717, 1.165) is 57.8 Å². The van der Waals surface area contributed by atoms with E-state index in [1.54, 1.807) is 0 Å². The monoisotopic (exact) mass is 344 g/mol. The van der Waals surface area contributed by atoms with Crippen molar-refractivity contribution >= 4 is 5.91 Å². The Labute approximate surface area is 152 Å². The quantitative estimate of drug-likeness (QED) is 0.822. The van der Waals surface area contributed by atoms with Crippen LogP contribution >= 0.6 is 0 Å². The zero-order valence-corrected chi connectivity index (χ0v) is 15.7. The second-order valence-corrected chi connectivity index (χ2v) is 7.40. The lowest BCUT2D eigenvalue weighted by atomic mass is 9.99. The van der Waals surface area contributed by atoms with Crippen molar-refractivity contribution in [2.75, 3.05) is 32.7 Å². The minimum atomic E-state index is 0.00384. The van der Waals surface area contributed by atoms with Crippen LogP contribution in [0.25, 0.3) is 0 Å². The summed E-state index contributed by atoms with van der Waals surface area (Å²) >= 11 is 0. The van der Waals surface area contributed by atoms with Crippen LogP contribution in [0, 0.1) is 0 Å². The van der Waals surface area contributed by atoms with Crippen molar-refractivity contribution in [3.63, 3.8) is 0 Å². The van der Waals surface area contributed by atoms with E-state index >= 15 is 0 Å². The van der Waals surface area contributed by atoms with Crippen molar-refractivity contribution in [3.8, 4) is 0 Å². The number of pyridine rings is 1. The van der Waals surface area contributed by atoms with Crippen molar-refractivity contribution in [1.82, 2.24) is 19.7 Å². The highest BCUT2D eigenvalue weighted by Crippen LogP contribution is 2.22. The first-order valence-electron chi connectivity index (χ1n) is 9.86. The predicted octanol–water partition coefficient (Wildman–Crippen LogP) is 2.38. The van der Waals surface area contributed by atoms with Crippen LogP contribution in [-0.2, 0) is 11.3 Å². The van der Waals surface area contributed by atoms with Gasteiger partial charge >= 0.3 is 0 Å². The van der Waals surface area contributed by atoms with E-state index in [4.69, 9.17) is 0 Å². The van der Waals surface area contributed by atoms with E-state index in [0.29, 0.717) is 11.9 Å². The number of nitrogens with zero attached hydrogens (tertiary/aromatic N) is 4.